The molecule has 0 fully saturated rings. The first kappa shape index (κ1) is 16.3. The van der Waals surface area contributed by atoms with E-state index in [1.165, 1.54) is 0 Å². The van der Waals surface area contributed by atoms with Crippen LogP contribution in [0.2, 0.25) is 5.02 Å². The Balaban J connectivity index is 1.75. The fourth-order valence-electron chi connectivity index (χ4n) is 2.50. The van der Waals surface area contributed by atoms with E-state index in [-0.39, 0.29) is 5.91 Å². The number of nitrogens with zero attached hydrogens (tertiary/aromatic N) is 4. The second kappa shape index (κ2) is 6.88. The Morgan fingerprint density at radius 2 is 2.08 bits per heavy atom. The van der Waals surface area contributed by atoms with Gasteiger partial charge in [0.25, 0.3) is 5.91 Å². The summed E-state index contributed by atoms with van der Waals surface area (Å²) < 4.78 is 3.48. The molecule has 0 unspecified atom stereocenters. The Labute approximate surface area is 145 Å². The summed E-state index contributed by atoms with van der Waals surface area (Å²) >= 11 is 6.02. The molecule has 2 heterocycles. The molecule has 0 spiro atoms. The maximum Gasteiger partial charge on any atom is 0.275 e. The Morgan fingerprint density at radius 1 is 1.25 bits per heavy atom. The number of hydrogen-bond donors (Lipinski definition) is 1. The Morgan fingerprint density at radius 3 is 2.83 bits per heavy atom. The lowest BCUT2D eigenvalue weighted by Gasteiger charge is -2.05. The van der Waals surface area contributed by atoms with Crippen molar-refractivity contribution in [3.63, 3.8) is 0 Å². The van der Waals surface area contributed by atoms with Crippen LogP contribution in [0, 0.1) is 6.92 Å². The highest BCUT2D eigenvalue weighted by atomic mass is 35.5. The highest BCUT2D eigenvalue weighted by Gasteiger charge is 2.14. The molecule has 1 amide bonds. The van der Waals surface area contributed by atoms with Crippen LogP contribution in [0.4, 0.5) is 5.82 Å². The minimum Gasteiger partial charge on any atom is -0.304 e. The maximum atomic E-state index is 12.3. The molecule has 0 saturated carbocycles. The van der Waals surface area contributed by atoms with Crippen LogP contribution >= 0.6 is 11.6 Å². The summed E-state index contributed by atoms with van der Waals surface area (Å²) in [4.78, 5) is 12.3. The van der Waals surface area contributed by atoms with Gasteiger partial charge in [0.1, 0.15) is 5.69 Å². The molecule has 124 valence electrons. The second-order valence-corrected chi connectivity index (χ2v) is 5.88. The lowest BCUT2D eigenvalue weighted by atomic mass is 10.2. The number of rotatable bonds is 5. The van der Waals surface area contributed by atoms with E-state index in [4.69, 9.17) is 11.6 Å². The van der Waals surface area contributed by atoms with Gasteiger partial charge in [0.05, 0.1) is 6.54 Å². The van der Waals surface area contributed by atoms with Crippen molar-refractivity contribution in [2.75, 3.05) is 5.32 Å². The Bertz CT molecular complexity index is 868. The maximum absolute atomic E-state index is 12.3. The quantitative estimate of drug-likeness (QED) is 0.772. The van der Waals surface area contributed by atoms with Crippen LogP contribution in [0.1, 0.15) is 28.7 Å². The predicted molar refractivity (Wildman–Crippen MR) is 93.4 cm³/mol. The van der Waals surface area contributed by atoms with Crippen molar-refractivity contribution in [3.05, 3.63) is 64.6 Å². The van der Waals surface area contributed by atoms with E-state index in [9.17, 15) is 4.79 Å². The molecule has 1 N–H and O–H groups in total. The zero-order valence-corrected chi connectivity index (χ0v) is 14.3. The van der Waals surface area contributed by atoms with Gasteiger partial charge in [-0.15, -0.1) is 0 Å². The molecule has 2 aromatic heterocycles. The van der Waals surface area contributed by atoms with Crippen LogP contribution in [-0.2, 0) is 13.1 Å². The van der Waals surface area contributed by atoms with Crippen LogP contribution < -0.4 is 5.32 Å². The smallest absolute Gasteiger partial charge is 0.275 e. The van der Waals surface area contributed by atoms with E-state index in [2.05, 4.69) is 15.5 Å². The third kappa shape index (κ3) is 3.49. The first-order chi connectivity index (χ1) is 11.6. The SMILES string of the molecule is CCn1nccc1C(=O)Nc1cc(C)n(Cc2cccc(Cl)c2)n1. The molecule has 0 aliphatic rings. The molecule has 0 aliphatic carbocycles. The Kier molecular flexibility index (Phi) is 4.66. The number of aryl methyl sites for hydroxylation is 2. The number of hydrogen-bond acceptors (Lipinski definition) is 3. The number of carbonyl (C=O) groups excluding carboxylic acids is 1. The van der Waals surface area contributed by atoms with Gasteiger partial charge >= 0.3 is 0 Å². The highest BCUT2D eigenvalue weighted by molar-refractivity contribution is 6.30. The zero-order valence-electron chi connectivity index (χ0n) is 13.5. The normalized spacial score (nSPS) is 10.8. The third-order valence-corrected chi connectivity index (χ3v) is 3.93. The summed E-state index contributed by atoms with van der Waals surface area (Å²) in [5.74, 6) is 0.296. The van der Waals surface area contributed by atoms with Crippen molar-refractivity contribution in [2.45, 2.75) is 26.9 Å². The molecule has 0 radical (unpaired) electrons. The van der Waals surface area contributed by atoms with Crippen LogP contribution in [0.15, 0.2) is 42.6 Å². The van der Waals surface area contributed by atoms with Gasteiger partial charge in [-0.3, -0.25) is 14.2 Å². The number of carbonyl (C=O) groups is 1. The van der Waals surface area contributed by atoms with E-state index >= 15 is 0 Å². The van der Waals surface area contributed by atoms with E-state index in [1.54, 1.807) is 16.9 Å². The molecule has 3 aromatic rings. The third-order valence-electron chi connectivity index (χ3n) is 3.69. The van der Waals surface area contributed by atoms with Crippen molar-refractivity contribution in [1.82, 2.24) is 19.6 Å². The molecule has 0 saturated heterocycles. The lowest BCUT2D eigenvalue weighted by Crippen LogP contribution is -2.17. The molecule has 1 aromatic carbocycles. The first-order valence-electron chi connectivity index (χ1n) is 7.69. The van der Waals surface area contributed by atoms with E-state index in [0.29, 0.717) is 29.6 Å². The van der Waals surface area contributed by atoms with Crippen molar-refractivity contribution < 1.29 is 4.79 Å². The number of amides is 1. The summed E-state index contributed by atoms with van der Waals surface area (Å²) in [6, 6.07) is 11.2. The van der Waals surface area contributed by atoms with Gasteiger partial charge < -0.3 is 5.32 Å². The van der Waals surface area contributed by atoms with Crippen molar-refractivity contribution >= 4 is 23.3 Å². The summed E-state index contributed by atoms with van der Waals surface area (Å²) in [7, 11) is 0. The molecule has 7 heteroatoms. The zero-order chi connectivity index (χ0) is 17.1. The minimum atomic E-state index is -0.221. The van der Waals surface area contributed by atoms with Gasteiger partial charge in [-0.05, 0) is 37.6 Å². The van der Waals surface area contributed by atoms with Gasteiger partial charge in [0.2, 0.25) is 0 Å². The molecule has 0 bridgehead atoms. The molecule has 6 nitrogen and oxygen atoms in total. The molecular formula is C17H18ClN5O. The number of nitrogens with one attached hydrogen (secondary N) is 1. The van der Waals surface area contributed by atoms with Crippen LogP contribution in [0.3, 0.4) is 0 Å². The topological polar surface area (TPSA) is 64.7 Å². The summed E-state index contributed by atoms with van der Waals surface area (Å²) in [6.07, 6.45) is 1.61. The van der Waals surface area contributed by atoms with Gasteiger partial charge in [0.15, 0.2) is 5.82 Å². The summed E-state index contributed by atoms with van der Waals surface area (Å²) in [6.45, 7) is 5.12. The highest BCUT2D eigenvalue weighted by Crippen LogP contribution is 2.15. The Hall–Kier alpha value is -2.60. The first-order valence-corrected chi connectivity index (χ1v) is 8.06. The monoisotopic (exact) mass is 343 g/mol. The number of halogens is 1. The van der Waals surface area contributed by atoms with Gasteiger partial charge in [-0.1, -0.05) is 23.7 Å². The molecule has 0 aliphatic heterocycles. The summed E-state index contributed by atoms with van der Waals surface area (Å²) in [5.41, 5.74) is 2.52. The number of anilines is 1. The van der Waals surface area contributed by atoms with Crippen molar-refractivity contribution in [1.29, 1.82) is 0 Å². The molecule has 0 atom stereocenters. The fourth-order valence-corrected chi connectivity index (χ4v) is 2.71. The van der Waals surface area contributed by atoms with Crippen molar-refractivity contribution in [2.24, 2.45) is 0 Å². The molecule has 3 rings (SSSR count). The van der Waals surface area contributed by atoms with Gasteiger partial charge in [-0.25, -0.2) is 0 Å². The van der Waals surface area contributed by atoms with E-state index in [0.717, 1.165) is 11.3 Å². The second-order valence-electron chi connectivity index (χ2n) is 5.44. The van der Waals surface area contributed by atoms with Crippen LogP contribution in [0.5, 0.6) is 0 Å². The van der Waals surface area contributed by atoms with Crippen LogP contribution in [0.25, 0.3) is 0 Å². The fraction of sp³-hybridized carbons (Fsp3) is 0.235. The molecular weight excluding hydrogens is 326 g/mol. The minimum absolute atomic E-state index is 0.221. The molecule has 24 heavy (non-hydrogen) atoms. The van der Waals surface area contributed by atoms with Gasteiger partial charge in [0, 0.05) is 29.5 Å². The largest absolute Gasteiger partial charge is 0.304 e. The lowest BCUT2D eigenvalue weighted by molar-refractivity contribution is 0.101. The standard InChI is InChI=1S/C17H18ClN5O/c1-3-22-15(7-8-19-22)17(24)20-16-9-12(2)23(21-16)11-13-5-4-6-14(18)10-13/h4-10H,3,11H2,1-2H3,(H,20,21,24). The number of benzene rings is 1. The van der Waals surface area contributed by atoms with E-state index < -0.39 is 0 Å². The average Bonchev–Trinajstić information content (AvgIpc) is 3.14. The van der Waals surface area contributed by atoms with Crippen LogP contribution in [-0.4, -0.2) is 25.5 Å². The predicted octanol–water partition coefficient (Wildman–Crippen LogP) is 3.36. The average molecular weight is 344 g/mol. The van der Waals surface area contributed by atoms with E-state index in [1.807, 2.05) is 48.9 Å². The summed E-state index contributed by atoms with van der Waals surface area (Å²) in [5, 5.41) is 12.1. The van der Waals surface area contributed by atoms with Crippen molar-refractivity contribution in [3.8, 4) is 0 Å². The van der Waals surface area contributed by atoms with Gasteiger partial charge in [-0.2, -0.15) is 10.2 Å². The number of aromatic nitrogens is 4.